The quantitative estimate of drug-likeness (QED) is 0.466. The van der Waals surface area contributed by atoms with Crippen LogP contribution < -0.4 is 5.56 Å². The molecular weight excluding hydrogens is 414 g/mol. The lowest BCUT2D eigenvalue weighted by Crippen LogP contribution is -2.42. The second-order valence-electron chi connectivity index (χ2n) is 7.39. The van der Waals surface area contributed by atoms with Gasteiger partial charge < -0.3 is 4.90 Å². The molecule has 0 fully saturated rings. The van der Waals surface area contributed by atoms with E-state index in [9.17, 15) is 9.59 Å². The largest absolute Gasteiger partial charge is 0.334 e. The average molecular weight is 436 g/mol. The summed E-state index contributed by atoms with van der Waals surface area (Å²) < 4.78 is 1.34. The number of nitrogens with zero attached hydrogens (tertiary/aromatic N) is 3. The molecule has 152 valence electrons. The van der Waals surface area contributed by atoms with Gasteiger partial charge in [-0.3, -0.25) is 9.59 Å². The smallest absolute Gasteiger partial charge is 0.275 e. The van der Waals surface area contributed by atoms with Crippen molar-refractivity contribution in [1.82, 2.24) is 14.7 Å². The third-order valence-corrected chi connectivity index (χ3v) is 7.58. The molecule has 1 unspecified atom stereocenters. The molecule has 0 saturated heterocycles. The van der Waals surface area contributed by atoms with Crippen molar-refractivity contribution in [3.63, 3.8) is 0 Å². The number of carbonyl (C=O) groups is 1. The van der Waals surface area contributed by atoms with Gasteiger partial charge in [-0.05, 0) is 47.4 Å². The van der Waals surface area contributed by atoms with Gasteiger partial charge in [-0.25, -0.2) is 4.68 Å². The summed E-state index contributed by atoms with van der Waals surface area (Å²) in [6.07, 6.45) is 1.73. The fourth-order valence-electron chi connectivity index (χ4n) is 4.29. The number of benzene rings is 1. The van der Waals surface area contributed by atoms with E-state index in [0.717, 1.165) is 28.8 Å². The molecule has 1 amide bonds. The number of hydrogen-bond donors (Lipinski definition) is 0. The maximum atomic E-state index is 13.3. The Hall–Kier alpha value is -2.77. The highest BCUT2D eigenvalue weighted by Gasteiger charge is 2.30. The van der Waals surface area contributed by atoms with Crippen LogP contribution >= 0.6 is 22.7 Å². The van der Waals surface area contributed by atoms with E-state index in [1.807, 2.05) is 46.7 Å². The Bertz CT molecular complexity index is 1270. The van der Waals surface area contributed by atoms with Crippen LogP contribution in [0, 0.1) is 0 Å². The van der Waals surface area contributed by atoms with Crippen molar-refractivity contribution in [3.8, 4) is 10.6 Å². The highest BCUT2D eigenvalue weighted by atomic mass is 32.1. The van der Waals surface area contributed by atoms with E-state index in [1.54, 1.807) is 22.7 Å². The second kappa shape index (κ2) is 7.81. The predicted molar refractivity (Wildman–Crippen MR) is 122 cm³/mol. The number of aromatic nitrogens is 2. The molecule has 4 aromatic rings. The van der Waals surface area contributed by atoms with E-state index in [4.69, 9.17) is 0 Å². The normalized spacial score (nSPS) is 16.0. The molecule has 1 aliphatic rings. The minimum Gasteiger partial charge on any atom is -0.334 e. The number of hydrogen-bond acceptors (Lipinski definition) is 5. The van der Waals surface area contributed by atoms with Crippen LogP contribution in [0.25, 0.3) is 21.3 Å². The van der Waals surface area contributed by atoms with Crippen LogP contribution in [0.4, 0.5) is 0 Å². The molecule has 0 bridgehead atoms. The molecule has 30 heavy (non-hydrogen) atoms. The lowest BCUT2D eigenvalue weighted by atomic mass is 9.98. The van der Waals surface area contributed by atoms with Gasteiger partial charge in [-0.2, -0.15) is 5.10 Å². The topological polar surface area (TPSA) is 55.2 Å². The molecule has 0 N–H and O–H groups in total. The summed E-state index contributed by atoms with van der Waals surface area (Å²) >= 11 is 3.34. The Morgan fingerprint density at radius 3 is 2.70 bits per heavy atom. The van der Waals surface area contributed by atoms with Gasteiger partial charge in [0, 0.05) is 16.8 Å². The van der Waals surface area contributed by atoms with Gasteiger partial charge in [-0.15, -0.1) is 22.7 Å². The van der Waals surface area contributed by atoms with E-state index in [2.05, 4.69) is 23.5 Å². The molecular formula is C23H21N3O2S2. The number of carbonyl (C=O) groups excluding carboxylic acids is 1. The number of rotatable bonds is 4. The lowest BCUT2D eigenvalue weighted by Gasteiger charge is -2.35. The van der Waals surface area contributed by atoms with Gasteiger partial charge in [0.25, 0.3) is 5.56 Å². The maximum Gasteiger partial charge on any atom is 0.275 e. The van der Waals surface area contributed by atoms with Crippen LogP contribution in [0.2, 0.25) is 0 Å². The first-order chi connectivity index (χ1) is 14.7. The fourth-order valence-corrected chi connectivity index (χ4v) is 5.94. The molecule has 0 aliphatic carbocycles. The zero-order chi connectivity index (χ0) is 20.7. The highest BCUT2D eigenvalue weighted by Crippen LogP contribution is 2.35. The molecule has 3 aromatic heterocycles. The molecule has 5 rings (SSSR count). The Balaban J connectivity index is 1.54. The lowest BCUT2D eigenvalue weighted by molar-refractivity contribution is -0.135. The molecule has 1 atom stereocenters. The van der Waals surface area contributed by atoms with E-state index in [1.165, 1.54) is 15.1 Å². The molecule has 0 saturated carbocycles. The van der Waals surface area contributed by atoms with Crippen molar-refractivity contribution in [2.24, 2.45) is 0 Å². The maximum absolute atomic E-state index is 13.3. The zero-order valence-electron chi connectivity index (χ0n) is 16.6. The molecule has 0 spiro atoms. The van der Waals surface area contributed by atoms with E-state index in [0.29, 0.717) is 11.9 Å². The minimum absolute atomic E-state index is 0.0436. The van der Waals surface area contributed by atoms with Crippen LogP contribution in [0.15, 0.2) is 58.0 Å². The van der Waals surface area contributed by atoms with Gasteiger partial charge in [0.2, 0.25) is 5.91 Å². The van der Waals surface area contributed by atoms with E-state index in [-0.39, 0.29) is 24.1 Å². The summed E-state index contributed by atoms with van der Waals surface area (Å²) in [4.78, 5) is 30.7. The summed E-state index contributed by atoms with van der Waals surface area (Å²) in [5.74, 6) is -0.0549. The highest BCUT2D eigenvalue weighted by molar-refractivity contribution is 7.13. The monoisotopic (exact) mass is 435 g/mol. The van der Waals surface area contributed by atoms with E-state index >= 15 is 0 Å². The molecule has 1 aliphatic heterocycles. The van der Waals surface area contributed by atoms with Crippen LogP contribution in [-0.4, -0.2) is 27.1 Å². The molecule has 1 aromatic carbocycles. The van der Waals surface area contributed by atoms with Crippen molar-refractivity contribution < 1.29 is 4.79 Å². The molecule has 7 heteroatoms. The Labute approximate surface area is 182 Å². The predicted octanol–water partition coefficient (Wildman–Crippen LogP) is 4.72. The Kier molecular flexibility index (Phi) is 5.00. The van der Waals surface area contributed by atoms with Crippen molar-refractivity contribution in [3.05, 3.63) is 74.0 Å². The summed E-state index contributed by atoms with van der Waals surface area (Å²) in [6, 6.07) is 13.6. The minimum atomic E-state index is -0.222. The standard InChI is InChI=1S/C23H21N3O2S2/c1-2-18-17-10-13-30-19(17)9-11-25(18)21(27)14-26-23(28)16-7-4-3-6-15(16)22(24-26)20-8-5-12-29-20/h3-8,10,12-13,18H,2,9,11,14H2,1H3. The summed E-state index contributed by atoms with van der Waals surface area (Å²) in [6.45, 7) is 2.75. The van der Waals surface area contributed by atoms with Crippen molar-refractivity contribution in [2.45, 2.75) is 32.4 Å². The third-order valence-electron chi connectivity index (χ3n) is 5.71. The zero-order valence-corrected chi connectivity index (χ0v) is 18.2. The van der Waals surface area contributed by atoms with Gasteiger partial charge in [0.1, 0.15) is 12.2 Å². The van der Waals surface area contributed by atoms with Crippen LogP contribution in [0.3, 0.4) is 0 Å². The number of thiophene rings is 2. The van der Waals surface area contributed by atoms with Gasteiger partial charge in [-0.1, -0.05) is 31.2 Å². The van der Waals surface area contributed by atoms with Gasteiger partial charge >= 0.3 is 0 Å². The second-order valence-corrected chi connectivity index (χ2v) is 9.34. The molecule has 5 nitrogen and oxygen atoms in total. The number of amides is 1. The Morgan fingerprint density at radius 1 is 1.10 bits per heavy atom. The van der Waals surface area contributed by atoms with Crippen molar-refractivity contribution in [2.75, 3.05) is 6.54 Å². The van der Waals surface area contributed by atoms with Crippen molar-refractivity contribution in [1.29, 1.82) is 0 Å². The molecule has 4 heterocycles. The third kappa shape index (κ3) is 3.18. The Morgan fingerprint density at radius 2 is 1.93 bits per heavy atom. The van der Waals surface area contributed by atoms with Gasteiger partial charge in [0.05, 0.1) is 16.3 Å². The number of fused-ring (bicyclic) bond motifs is 2. The fraction of sp³-hybridized carbons (Fsp3) is 0.261. The van der Waals surface area contributed by atoms with Crippen LogP contribution in [-0.2, 0) is 17.8 Å². The summed E-state index contributed by atoms with van der Waals surface area (Å²) in [5.41, 5.74) is 1.78. The first kappa shape index (κ1) is 19.2. The summed E-state index contributed by atoms with van der Waals surface area (Å²) in [5, 5.41) is 10.1. The summed E-state index contributed by atoms with van der Waals surface area (Å²) in [7, 11) is 0. The first-order valence-corrected chi connectivity index (χ1v) is 11.8. The SMILES string of the molecule is CCC1c2ccsc2CCN1C(=O)Cn1nc(-c2cccs2)c2ccccc2c1=O. The van der Waals surface area contributed by atoms with Crippen molar-refractivity contribution >= 4 is 39.4 Å². The van der Waals surface area contributed by atoms with E-state index < -0.39 is 0 Å². The average Bonchev–Trinajstić information content (AvgIpc) is 3.47. The van der Waals surface area contributed by atoms with Crippen LogP contribution in [0.1, 0.15) is 29.8 Å². The first-order valence-electron chi connectivity index (χ1n) is 10.1. The molecule has 0 radical (unpaired) electrons. The van der Waals surface area contributed by atoms with Crippen LogP contribution in [0.5, 0.6) is 0 Å². The van der Waals surface area contributed by atoms with Gasteiger partial charge in [0.15, 0.2) is 0 Å².